The zero-order valence-corrected chi connectivity index (χ0v) is 14.5. The fourth-order valence-corrected chi connectivity index (χ4v) is 3.76. The maximum absolute atomic E-state index is 4.84. The van der Waals surface area contributed by atoms with E-state index in [1.54, 1.807) is 11.3 Å². The molecule has 1 atom stereocenters. The zero-order chi connectivity index (χ0) is 13.4. The molecule has 0 amide bonds. The summed E-state index contributed by atoms with van der Waals surface area (Å²) in [6, 6.07) is 0. The van der Waals surface area contributed by atoms with Crippen LogP contribution in [0.25, 0.3) is 0 Å². The number of nitrogens with one attached hydrogen (secondary N) is 2. The van der Waals surface area contributed by atoms with E-state index in [2.05, 4.69) is 31.0 Å². The molecule has 0 aliphatic carbocycles. The van der Waals surface area contributed by atoms with Crippen molar-refractivity contribution in [1.29, 1.82) is 0 Å². The van der Waals surface area contributed by atoms with Gasteiger partial charge in [-0.1, -0.05) is 0 Å². The summed E-state index contributed by atoms with van der Waals surface area (Å²) in [6.45, 7) is 3.10. The summed E-state index contributed by atoms with van der Waals surface area (Å²) >= 11 is 1.75. The van der Waals surface area contributed by atoms with Gasteiger partial charge < -0.3 is 15.2 Å². The Kier molecular flexibility index (Phi) is 5.91. The Morgan fingerprint density at radius 2 is 2.00 bits per heavy atom. The molecule has 0 saturated carbocycles. The molecule has 0 radical (unpaired) electrons. The molecule has 4 rings (SSSR count). The molecule has 1 unspecified atom stereocenters. The van der Waals surface area contributed by atoms with Gasteiger partial charge in [0, 0.05) is 24.7 Å². The topological polar surface area (TPSA) is 55.8 Å². The second kappa shape index (κ2) is 7.50. The minimum atomic E-state index is 0. The molecule has 0 aromatic carbocycles. The van der Waals surface area contributed by atoms with Crippen molar-refractivity contribution in [2.45, 2.75) is 25.4 Å². The number of hydrogen-bond acceptors (Lipinski definition) is 7. The van der Waals surface area contributed by atoms with Gasteiger partial charge in [-0.2, -0.15) is 0 Å². The summed E-state index contributed by atoms with van der Waals surface area (Å²) < 4.78 is 0. The lowest BCUT2D eigenvalue weighted by atomic mass is 10.1. The second-order valence-corrected chi connectivity index (χ2v) is 6.11. The van der Waals surface area contributed by atoms with Gasteiger partial charge in [0.1, 0.15) is 12.0 Å². The Hall–Kier alpha value is -1.02. The minimum Gasteiger partial charge on any atom is -0.348 e. The van der Waals surface area contributed by atoms with Crippen LogP contribution in [0.1, 0.15) is 31.1 Å². The van der Waals surface area contributed by atoms with Gasteiger partial charge in [-0.05, 0) is 19.3 Å². The molecule has 22 heavy (non-hydrogen) atoms. The van der Waals surface area contributed by atoms with Crippen LogP contribution in [0.15, 0.2) is 22.4 Å². The number of aromatic nitrogens is 1. The first-order valence-corrected chi connectivity index (χ1v) is 8.00. The maximum Gasteiger partial charge on any atom is 0.185 e. The quantitative estimate of drug-likeness (QED) is 0.844. The molecule has 9 heteroatoms. The lowest BCUT2D eigenvalue weighted by Crippen LogP contribution is -2.31. The number of nitrogens with zero attached hydrogens (tertiary/aromatic N) is 4. The Balaban J connectivity index is 0.000000882. The van der Waals surface area contributed by atoms with Gasteiger partial charge in [0.15, 0.2) is 5.13 Å². The summed E-state index contributed by atoms with van der Waals surface area (Å²) in [5, 5.41) is 3.32. The van der Waals surface area contributed by atoms with Crippen molar-refractivity contribution in [1.82, 2.24) is 20.7 Å². The molecule has 2 fully saturated rings. The number of aliphatic imine (C=N–C) groups is 1. The van der Waals surface area contributed by atoms with E-state index in [-0.39, 0.29) is 31.0 Å². The predicted molar refractivity (Wildman–Crippen MR) is 95.0 cm³/mol. The summed E-state index contributed by atoms with van der Waals surface area (Å²) in [6.07, 6.45) is 7.78. The van der Waals surface area contributed by atoms with E-state index in [1.807, 2.05) is 12.4 Å². The van der Waals surface area contributed by atoms with Crippen LogP contribution in [0.5, 0.6) is 0 Å². The van der Waals surface area contributed by atoms with Crippen molar-refractivity contribution in [2.24, 2.45) is 4.99 Å². The molecule has 1 aromatic heterocycles. The van der Waals surface area contributed by atoms with Gasteiger partial charge in [0.25, 0.3) is 0 Å². The number of rotatable bonds is 2. The van der Waals surface area contributed by atoms with Crippen LogP contribution in [0, 0.1) is 0 Å². The first kappa shape index (κ1) is 17.3. The number of hydrazine groups is 1. The number of hydrogen-bond donors (Lipinski definition) is 2. The number of anilines is 1. The highest BCUT2D eigenvalue weighted by Gasteiger charge is 2.31. The van der Waals surface area contributed by atoms with E-state index in [0.717, 1.165) is 36.3 Å². The molecular weight excluding hydrogens is 343 g/mol. The van der Waals surface area contributed by atoms with Gasteiger partial charge in [-0.15, -0.1) is 36.2 Å². The van der Waals surface area contributed by atoms with E-state index < -0.39 is 0 Å². The molecule has 3 aliphatic heterocycles. The smallest absolute Gasteiger partial charge is 0.185 e. The number of halogens is 2. The summed E-state index contributed by atoms with van der Waals surface area (Å²) in [5.41, 5.74) is 7.54. The van der Waals surface area contributed by atoms with E-state index in [0.29, 0.717) is 0 Å². The largest absolute Gasteiger partial charge is 0.348 e. The molecule has 0 bridgehead atoms. The van der Waals surface area contributed by atoms with Crippen molar-refractivity contribution < 1.29 is 0 Å². The van der Waals surface area contributed by atoms with Crippen LogP contribution < -0.4 is 15.8 Å². The number of piperidine rings is 1. The van der Waals surface area contributed by atoms with E-state index in [1.165, 1.54) is 19.3 Å². The standard InChI is InChI=1S/C13H18N6S.2ClH/c1-2-5-18(6-3-1)13-15-10(9-20-13)12-17-16-11-8-14-4-7-19(11)12;;/h4,8-9,12,16-17H,1-3,5-7H2;2*1H. The van der Waals surface area contributed by atoms with Crippen LogP contribution in [0.3, 0.4) is 0 Å². The van der Waals surface area contributed by atoms with Crippen LogP contribution >= 0.6 is 36.2 Å². The van der Waals surface area contributed by atoms with E-state index >= 15 is 0 Å². The maximum atomic E-state index is 4.84. The van der Waals surface area contributed by atoms with Crippen molar-refractivity contribution in [2.75, 3.05) is 24.5 Å². The average Bonchev–Trinajstić information content (AvgIpc) is 3.14. The molecule has 2 N–H and O–H groups in total. The van der Waals surface area contributed by atoms with Crippen molar-refractivity contribution in [3.63, 3.8) is 0 Å². The minimum absolute atomic E-state index is 0. The van der Waals surface area contributed by atoms with Gasteiger partial charge >= 0.3 is 0 Å². The van der Waals surface area contributed by atoms with Crippen LogP contribution in [-0.2, 0) is 0 Å². The van der Waals surface area contributed by atoms with Gasteiger partial charge in [-0.3, -0.25) is 4.99 Å². The highest BCUT2D eigenvalue weighted by molar-refractivity contribution is 7.13. The van der Waals surface area contributed by atoms with Crippen LogP contribution in [-0.4, -0.2) is 35.7 Å². The van der Waals surface area contributed by atoms with E-state index in [9.17, 15) is 0 Å². The average molecular weight is 363 g/mol. The third-order valence-electron chi connectivity index (χ3n) is 3.96. The summed E-state index contributed by atoms with van der Waals surface area (Å²) in [7, 11) is 0. The van der Waals surface area contributed by atoms with Gasteiger partial charge in [0.05, 0.1) is 18.4 Å². The first-order chi connectivity index (χ1) is 9.92. The molecule has 6 nitrogen and oxygen atoms in total. The molecular formula is C13H20Cl2N6S. The lowest BCUT2D eigenvalue weighted by molar-refractivity contribution is 0.308. The van der Waals surface area contributed by atoms with Crippen molar-refractivity contribution in [3.8, 4) is 0 Å². The Morgan fingerprint density at radius 1 is 1.18 bits per heavy atom. The monoisotopic (exact) mass is 362 g/mol. The highest BCUT2D eigenvalue weighted by Crippen LogP contribution is 2.31. The Labute approximate surface area is 146 Å². The number of thiazole rings is 1. The third kappa shape index (κ3) is 3.17. The third-order valence-corrected chi connectivity index (χ3v) is 4.87. The summed E-state index contributed by atoms with van der Waals surface area (Å²) in [4.78, 5) is 13.7. The van der Waals surface area contributed by atoms with Gasteiger partial charge in [-0.25, -0.2) is 10.4 Å². The first-order valence-electron chi connectivity index (χ1n) is 7.12. The SMILES string of the molecule is C1=NC=C2NNC(c3csc(N4CCCCC4)n3)N2C1.Cl.Cl. The van der Waals surface area contributed by atoms with Gasteiger partial charge in [0.2, 0.25) is 0 Å². The molecule has 0 spiro atoms. The van der Waals surface area contributed by atoms with Crippen molar-refractivity contribution in [3.05, 3.63) is 23.1 Å². The molecule has 122 valence electrons. The van der Waals surface area contributed by atoms with E-state index in [4.69, 9.17) is 4.98 Å². The Bertz CT molecular complexity index is 554. The molecule has 4 heterocycles. The normalized spacial score (nSPS) is 23.1. The second-order valence-electron chi connectivity index (χ2n) is 5.27. The number of fused-ring (bicyclic) bond motifs is 1. The van der Waals surface area contributed by atoms with Crippen LogP contribution in [0.4, 0.5) is 5.13 Å². The van der Waals surface area contributed by atoms with Crippen LogP contribution in [0.2, 0.25) is 0 Å². The fourth-order valence-electron chi connectivity index (χ4n) is 2.87. The highest BCUT2D eigenvalue weighted by atomic mass is 35.5. The molecule has 2 saturated heterocycles. The molecule has 1 aromatic rings. The predicted octanol–water partition coefficient (Wildman–Crippen LogP) is 2.27. The fraction of sp³-hybridized carbons (Fsp3) is 0.538. The Morgan fingerprint density at radius 3 is 2.82 bits per heavy atom. The lowest BCUT2D eigenvalue weighted by Gasteiger charge is -2.26. The zero-order valence-electron chi connectivity index (χ0n) is 12.1. The molecule has 3 aliphatic rings. The summed E-state index contributed by atoms with van der Waals surface area (Å²) in [5.74, 6) is 1.02. The van der Waals surface area contributed by atoms with Crippen molar-refractivity contribution >= 4 is 47.5 Å².